The second kappa shape index (κ2) is 5.91. The van der Waals surface area contributed by atoms with Crippen molar-refractivity contribution in [2.75, 3.05) is 6.61 Å². The van der Waals surface area contributed by atoms with Crippen molar-refractivity contribution in [1.29, 1.82) is 0 Å². The zero-order valence-electron chi connectivity index (χ0n) is 12.6. The van der Waals surface area contributed by atoms with E-state index in [-0.39, 0.29) is 36.8 Å². The van der Waals surface area contributed by atoms with Crippen LogP contribution in [0.4, 0.5) is 0 Å². The van der Waals surface area contributed by atoms with Gasteiger partial charge in [0.15, 0.2) is 6.29 Å². The lowest BCUT2D eigenvalue weighted by atomic mass is 9.90. The van der Waals surface area contributed by atoms with E-state index in [4.69, 9.17) is 18.9 Å². The molecule has 0 unspecified atom stereocenters. The van der Waals surface area contributed by atoms with E-state index in [0.717, 1.165) is 12.0 Å². The van der Waals surface area contributed by atoms with Crippen LogP contribution in [0.25, 0.3) is 0 Å². The Kier molecular flexibility index (Phi) is 3.92. The first-order valence-electron chi connectivity index (χ1n) is 8.01. The van der Waals surface area contributed by atoms with Gasteiger partial charge in [0.05, 0.1) is 37.1 Å². The summed E-state index contributed by atoms with van der Waals surface area (Å²) in [7, 11) is 0. The molecular formula is C17H22O5. The summed E-state index contributed by atoms with van der Waals surface area (Å²) in [6.45, 7) is 2.42. The fourth-order valence-corrected chi connectivity index (χ4v) is 3.53. The first kappa shape index (κ1) is 14.6. The number of aliphatic hydroxyl groups excluding tert-OH is 1. The first-order valence-corrected chi connectivity index (χ1v) is 8.01. The fourth-order valence-electron chi connectivity index (χ4n) is 3.53. The molecule has 0 bridgehead atoms. The van der Waals surface area contributed by atoms with Crippen molar-refractivity contribution in [2.24, 2.45) is 0 Å². The molecule has 22 heavy (non-hydrogen) atoms. The molecule has 7 atom stereocenters. The Bertz CT molecular complexity index is 507. The molecule has 5 nitrogen and oxygen atoms in total. The molecular weight excluding hydrogens is 284 g/mol. The second-order valence-electron chi connectivity index (χ2n) is 6.38. The molecule has 1 aromatic carbocycles. The Hall–Kier alpha value is -0.980. The number of benzene rings is 1. The van der Waals surface area contributed by atoms with Crippen molar-refractivity contribution in [3.8, 4) is 0 Å². The van der Waals surface area contributed by atoms with Gasteiger partial charge in [0.1, 0.15) is 6.10 Å². The van der Waals surface area contributed by atoms with E-state index in [1.807, 2.05) is 37.3 Å². The summed E-state index contributed by atoms with van der Waals surface area (Å²) in [6, 6.07) is 9.95. The van der Waals surface area contributed by atoms with E-state index >= 15 is 0 Å². The molecule has 3 aliphatic heterocycles. The molecule has 5 heteroatoms. The van der Waals surface area contributed by atoms with Gasteiger partial charge in [-0.15, -0.1) is 0 Å². The highest BCUT2D eigenvalue weighted by Gasteiger charge is 2.47. The van der Waals surface area contributed by atoms with Gasteiger partial charge in [-0.1, -0.05) is 30.3 Å². The molecule has 0 amide bonds. The van der Waals surface area contributed by atoms with Crippen LogP contribution >= 0.6 is 0 Å². The second-order valence-corrected chi connectivity index (χ2v) is 6.38. The maximum absolute atomic E-state index is 9.94. The van der Waals surface area contributed by atoms with Gasteiger partial charge in [0, 0.05) is 18.4 Å². The van der Waals surface area contributed by atoms with Crippen LogP contribution in [0.1, 0.15) is 31.6 Å². The summed E-state index contributed by atoms with van der Waals surface area (Å²) < 4.78 is 23.9. The molecule has 0 radical (unpaired) electrons. The number of hydrogen-bond donors (Lipinski definition) is 1. The molecule has 1 N–H and O–H groups in total. The number of aliphatic hydroxyl groups is 1. The lowest BCUT2D eigenvalue weighted by molar-refractivity contribution is -0.320. The zero-order valence-corrected chi connectivity index (χ0v) is 12.6. The van der Waals surface area contributed by atoms with Crippen LogP contribution in [0.2, 0.25) is 0 Å². The molecule has 4 rings (SSSR count). The van der Waals surface area contributed by atoms with Crippen molar-refractivity contribution < 1.29 is 24.1 Å². The number of fused-ring (bicyclic) bond motifs is 2. The van der Waals surface area contributed by atoms with Gasteiger partial charge in [-0.3, -0.25) is 0 Å². The standard InChI is InChI=1S/C17H22O5/c1-10-12(18)7-13-14(20-10)8-15-16(21-13)9-19-17(22-15)11-5-3-2-4-6-11/h2-6,10,12-18H,7-9H2,1H3/t10-,12+,13-,14+,15-,16+,17-/m0/s1. The average molecular weight is 306 g/mol. The highest BCUT2D eigenvalue weighted by molar-refractivity contribution is 5.16. The summed E-state index contributed by atoms with van der Waals surface area (Å²) in [6.07, 6.45) is 0.298. The van der Waals surface area contributed by atoms with Crippen LogP contribution in [0.5, 0.6) is 0 Å². The van der Waals surface area contributed by atoms with E-state index in [9.17, 15) is 5.11 Å². The normalized spacial score (nSPS) is 44.9. The average Bonchev–Trinajstić information content (AvgIpc) is 2.55. The van der Waals surface area contributed by atoms with Gasteiger partial charge in [-0.2, -0.15) is 0 Å². The van der Waals surface area contributed by atoms with Crippen LogP contribution < -0.4 is 0 Å². The summed E-state index contributed by atoms with van der Waals surface area (Å²) in [5, 5.41) is 9.94. The van der Waals surface area contributed by atoms with Gasteiger partial charge in [0.25, 0.3) is 0 Å². The largest absolute Gasteiger partial charge is 0.390 e. The van der Waals surface area contributed by atoms with Crippen LogP contribution in [0.15, 0.2) is 30.3 Å². The van der Waals surface area contributed by atoms with Gasteiger partial charge in [-0.05, 0) is 6.92 Å². The van der Waals surface area contributed by atoms with E-state index in [2.05, 4.69) is 0 Å². The monoisotopic (exact) mass is 306 g/mol. The van der Waals surface area contributed by atoms with Gasteiger partial charge >= 0.3 is 0 Å². The Balaban J connectivity index is 1.45. The van der Waals surface area contributed by atoms with Crippen molar-refractivity contribution >= 4 is 0 Å². The molecule has 120 valence electrons. The van der Waals surface area contributed by atoms with E-state index in [1.165, 1.54) is 0 Å². The van der Waals surface area contributed by atoms with Crippen LogP contribution in [-0.2, 0) is 18.9 Å². The molecule has 3 aliphatic rings. The summed E-state index contributed by atoms with van der Waals surface area (Å²) >= 11 is 0. The fraction of sp³-hybridized carbons (Fsp3) is 0.647. The van der Waals surface area contributed by atoms with Crippen molar-refractivity contribution in [1.82, 2.24) is 0 Å². The quantitative estimate of drug-likeness (QED) is 0.857. The number of rotatable bonds is 1. The molecule has 1 aromatic rings. The topological polar surface area (TPSA) is 57.2 Å². The van der Waals surface area contributed by atoms with E-state index < -0.39 is 6.10 Å². The third kappa shape index (κ3) is 2.68. The predicted molar refractivity (Wildman–Crippen MR) is 78.2 cm³/mol. The van der Waals surface area contributed by atoms with Gasteiger partial charge < -0.3 is 24.1 Å². The molecule has 0 aliphatic carbocycles. The Labute approximate surface area is 130 Å². The Morgan fingerprint density at radius 2 is 1.64 bits per heavy atom. The number of hydrogen-bond acceptors (Lipinski definition) is 5. The minimum absolute atomic E-state index is 0.00540. The molecule has 3 saturated heterocycles. The minimum Gasteiger partial charge on any atom is -0.390 e. The maximum atomic E-state index is 9.94. The maximum Gasteiger partial charge on any atom is 0.184 e. The third-order valence-corrected chi connectivity index (χ3v) is 4.83. The van der Waals surface area contributed by atoms with Crippen molar-refractivity contribution in [2.45, 2.75) is 62.7 Å². The highest BCUT2D eigenvalue weighted by atomic mass is 16.7. The zero-order chi connectivity index (χ0) is 15.1. The van der Waals surface area contributed by atoms with Gasteiger partial charge in [0.2, 0.25) is 0 Å². The smallest absolute Gasteiger partial charge is 0.184 e. The lowest BCUT2D eigenvalue weighted by Crippen LogP contribution is -2.58. The Morgan fingerprint density at radius 1 is 0.909 bits per heavy atom. The third-order valence-electron chi connectivity index (χ3n) is 4.83. The van der Waals surface area contributed by atoms with Crippen LogP contribution in [-0.4, -0.2) is 48.3 Å². The summed E-state index contributed by atoms with van der Waals surface area (Å²) in [5.74, 6) is 0. The molecule has 3 fully saturated rings. The van der Waals surface area contributed by atoms with E-state index in [0.29, 0.717) is 13.0 Å². The molecule has 0 saturated carbocycles. The minimum atomic E-state index is -0.458. The summed E-state index contributed by atoms with van der Waals surface area (Å²) in [4.78, 5) is 0. The van der Waals surface area contributed by atoms with Crippen LogP contribution in [0.3, 0.4) is 0 Å². The highest BCUT2D eigenvalue weighted by Crippen LogP contribution is 2.38. The van der Waals surface area contributed by atoms with Gasteiger partial charge in [-0.25, -0.2) is 0 Å². The van der Waals surface area contributed by atoms with Crippen molar-refractivity contribution in [3.63, 3.8) is 0 Å². The predicted octanol–water partition coefficient (Wildman–Crippen LogP) is 1.80. The molecule has 3 heterocycles. The molecule has 0 aromatic heterocycles. The first-order chi connectivity index (χ1) is 10.7. The SMILES string of the molecule is C[C@@H]1O[C@@H]2C[C@@H]3O[C@@H](c4ccccc4)OC[C@H]3O[C@H]2C[C@H]1O. The lowest BCUT2D eigenvalue weighted by Gasteiger charge is -2.48. The Morgan fingerprint density at radius 3 is 2.45 bits per heavy atom. The summed E-state index contributed by atoms with van der Waals surface area (Å²) in [5.41, 5.74) is 1.02. The van der Waals surface area contributed by atoms with Crippen LogP contribution in [0, 0.1) is 0 Å². The molecule has 0 spiro atoms. The van der Waals surface area contributed by atoms with E-state index in [1.54, 1.807) is 0 Å². The number of ether oxygens (including phenoxy) is 4. The van der Waals surface area contributed by atoms with Crippen molar-refractivity contribution in [3.05, 3.63) is 35.9 Å².